The van der Waals surface area contributed by atoms with Gasteiger partial charge in [0.05, 0.1) is 31.5 Å². The minimum absolute atomic E-state index is 0.0291. The number of carbonyl (C=O) groups is 2. The Labute approximate surface area is 205 Å². The number of methoxy groups -OCH3 is 2. The smallest absolute Gasteiger partial charge is 0.416 e. The van der Waals surface area contributed by atoms with Crippen molar-refractivity contribution < 1.29 is 50.1 Å². The van der Waals surface area contributed by atoms with Gasteiger partial charge in [0.15, 0.2) is 0 Å². The van der Waals surface area contributed by atoms with E-state index in [-0.39, 0.29) is 34.7 Å². The van der Waals surface area contributed by atoms with Crippen LogP contribution in [0.2, 0.25) is 0 Å². The first-order chi connectivity index (χ1) is 17.3. The molecule has 0 radical (unpaired) electrons. The lowest BCUT2D eigenvalue weighted by atomic mass is 10.1. The number of halogens is 6. The number of pyridine rings is 1. The van der Waals surface area contributed by atoms with Crippen LogP contribution in [0.15, 0.2) is 54.7 Å². The summed E-state index contributed by atoms with van der Waals surface area (Å²) in [7, 11) is 2.64. The maximum atomic E-state index is 13.0. The quantitative estimate of drug-likeness (QED) is 0.387. The van der Waals surface area contributed by atoms with Crippen LogP contribution in [-0.4, -0.2) is 31.1 Å². The SMILES string of the molecule is COc1cccc(OC)c1C(=O)NC(=O)Nc1ccc(Oc2cc(C(F)(F)F)cc(C(F)(F)F)c2)cn1. The fourth-order valence-corrected chi connectivity index (χ4v) is 3.02. The standard InChI is InChI=1S/C23H17F6N3O5/c1-35-16-4-3-5-17(36-2)19(16)20(33)32-21(34)31-18-7-6-14(11-30-18)37-15-9-12(22(24,25)26)8-13(10-15)23(27,28)29/h3-11H,1-2H3,(H2,30,31,32,33,34). The van der Waals surface area contributed by atoms with Crippen LogP contribution < -0.4 is 24.8 Å². The van der Waals surface area contributed by atoms with E-state index >= 15 is 0 Å². The average Bonchev–Trinajstić information content (AvgIpc) is 2.83. The van der Waals surface area contributed by atoms with Crippen LogP contribution in [0.5, 0.6) is 23.0 Å². The molecule has 37 heavy (non-hydrogen) atoms. The Morgan fingerprint density at radius 3 is 1.84 bits per heavy atom. The number of nitrogens with one attached hydrogen (secondary N) is 2. The van der Waals surface area contributed by atoms with Crippen molar-refractivity contribution in [2.45, 2.75) is 12.4 Å². The molecular formula is C23H17F6N3O5. The molecule has 3 aromatic rings. The van der Waals surface area contributed by atoms with Crippen molar-refractivity contribution in [3.8, 4) is 23.0 Å². The number of hydrogen-bond acceptors (Lipinski definition) is 6. The molecule has 2 N–H and O–H groups in total. The molecule has 1 heterocycles. The third kappa shape index (κ3) is 6.80. The highest BCUT2D eigenvalue weighted by Crippen LogP contribution is 2.39. The summed E-state index contributed by atoms with van der Waals surface area (Å²) in [5.41, 5.74) is -3.13. The molecule has 3 amide bonds. The molecular weight excluding hydrogens is 512 g/mol. The van der Waals surface area contributed by atoms with Gasteiger partial charge in [-0.3, -0.25) is 15.4 Å². The van der Waals surface area contributed by atoms with Gasteiger partial charge in [0, 0.05) is 0 Å². The van der Waals surface area contributed by atoms with Gasteiger partial charge in [0.2, 0.25) is 0 Å². The molecule has 1 aromatic heterocycles. The normalized spacial score (nSPS) is 11.5. The van der Waals surface area contributed by atoms with E-state index in [4.69, 9.17) is 14.2 Å². The maximum Gasteiger partial charge on any atom is 0.416 e. The molecule has 196 valence electrons. The fourth-order valence-electron chi connectivity index (χ4n) is 3.02. The number of nitrogens with zero attached hydrogens (tertiary/aromatic N) is 1. The van der Waals surface area contributed by atoms with E-state index in [0.717, 1.165) is 18.3 Å². The highest BCUT2D eigenvalue weighted by molar-refractivity contribution is 6.10. The van der Waals surface area contributed by atoms with Crippen LogP contribution in [0.4, 0.5) is 37.0 Å². The minimum atomic E-state index is -5.04. The Kier molecular flexibility index (Phi) is 7.79. The number of hydrogen-bond donors (Lipinski definition) is 2. The van der Waals surface area contributed by atoms with Crippen molar-refractivity contribution >= 4 is 17.8 Å². The van der Waals surface area contributed by atoms with Gasteiger partial charge in [-0.05, 0) is 42.5 Å². The Balaban J connectivity index is 1.71. The van der Waals surface area contributed by atoms with Crippen molar-refractivity contribution in [2.75, 3.05) is 19.5 Å². The molecule has 0 aliphatic heterocycles. The number of imide groups is 1. The Hall–Kier alpha value is -4.49. The van der Waals surface area contributed by atoms with Gasteiger partial charge in [-0.25, -0.2) is 9.78 Å². The summed E-state index contributed by atoms with van der Waals surface area (Å²) in [5, 5.41) is 4.31. The summed E-state index contributed by atoms with van der Waals surface area (Å²) in [4.78, 5) is 28.6. The second-order valence-corrected chi connectivity index (χ2v) is 7.17. The third-order valence-electron chi connectivity index (χ3n) is 4.66. The molecule has 2 aromatic carbocycles. The number of rotatable bonds is 6. The van der Waals surface area contributed by atoms with E-state index in [9.17, 15) is 35.9 Å². The number of ether oxygens (including phenoxy) is 3. The Morgan fingerprint density at radius 1 is 0.811 bits per heavy atom. The summed E-state index contributed by atoms with van der Waals surface area (Å²) < 4.78 is 93.4. The van der Waals surface area contributed by atoms with Crippen molar-refractivity contribution in [3.63, 3.8) is 0 Å². The molecule has 14 heteroatoms. The first kappa shape index (κ1) is 27.1. The van der Waals surface area contributed by atoms with E-state index in [2.05, 4.69) is 15.6 Å². The molecule has 3 rings (SSSR count). The van der Waals surface area contributed by atoms with Crippen LogP contribution in [0.3, 0.4) is 0 Å². The summed E-state index contributed by atoms with van der Waals surface area (Å²) in [5.74, 6) is -1.60. The van der Waals surface area contributed by atoms with Crippen molar-refractivity contribution in [3.05, 3.63) is 71.4 Å². The van der Waals surface area contributed by atoms with Crippen molar-refractivity contribution in [1.82, 2.24) is 10.3 Å². The summed E-state index contributed by atoms with van der Waals surface area (Å²) >= 11 is 0. The number of anilines is 1. The highest BCUT2D eigenvalue weighted by Gasteiger charge is 2.37. The predicted molar refractivity (Wildman–Crippen MR) is 117 cm³/mol. The van der Waals surface area contributed by atoms with E-state index in [0.29, 0.717) is 12.1 Å². The zero-order chi connectivity index (χ0) is 27.4. The van der Waals surface area contributed by atoms with Gasteiger partial charge in [0.1, 0.15) is 34.4 Å². The summed E-state index contributed by atoms with van der Waals surface area (Å²) in [6.07, 6.45) is -9.12. The zero-order valence-corrected chi connectivity index (χ0v) is 19.0. The molecule has 0 unspecified atom stereocenters. The first-order valence-electron chi connectivity index (χ1n) is 10.1. The molecule has 0 aliphatic carbocycles. The summed E-state index contributed by atoms with van der Waals surface area (Å²) in [6.45, 7) is 0. The van der Waals surface area contributed by atoms with Gasteiger partial charge < -0.3 is 14.2 Å². The predicted octanol–water partition coefficient (Wildman–Crippen LogP) is 5.89. The minimum Gasteiger partial charge on any atom is -0.496 e. The van der Waals surface area contributed by atoms with E-state index < -0.39 is 41.2 Å². The molecule has 8 nitrogen and oxygen atoms in total. The Bertz CT molecular complexity index is 1240. The number of alkyl halides is 6. The fraction of sp³-hybridized carbons (Fsp3) is 0.174. The number of aromatic nitrogens is 1. The number of amides is 3. The van der Waals surface area contributed by atoms with Gasteiger partial charge in [-0.2, -0.15) is 26.3 Å². The van der Waals surface area contributed by atoms with Crippen LogP contribution in [0.25, 0.3) is 0 Å². The molecule has 0 saturated heterocycles. The Morgan fingerprint density at radius 2 is 1.38 bits per heavy atom. The number of benzene rings is 2. The third-order valence-corrected chi connectivity index (χ3v) is 4.66. The van der Waals surface area contributed by atoms with Crippen LogP contribution in [0, 0.1) is 0 Å². The van der Waals surface area contributed by atoms with Gasteiger partial charge in [-0.1, -0.05) is 6.07 Å². The molecule has 0 aliphatic rings. The second kappa shape index (κ2) is 10.6. The highest BCUT2D eigenvalue weighted by atomic mass is 19.4. The van der Waals surface area contributed by atoms with Crippen LogP contribution >= 0.6 is 0 Å². The lowest BCUT2D eigenvalue weighted by molar-refractivity contribution is -0.143. The first-order valence-corrected chi connectivity index (χ1v) is 10.1. The average molecular weight is 529 g/mol. The van der Waals surface area contributed by atoms with Gasteiger partial charge in [0.25, 0.3) is 5.91 Å². The number of urea groups is 1. The van der Waals surface area contributed by atoms with Crippen molar-refractivity contribution in [2.24, 2.45) is 0 Å². The van der Waals surface area contributed by atoms with Gasteiger partial charge in [-0.15, -0.1) is 0 Å². The van der Waals surface area contributed by atoms with Crippen molar-refractivity contribution in [1.29, 1.82) is 0 Å². The molecule has 0 atom stereocenters. The monoisotopic (exact) mass is 529 g/mol. The largest absolute Gasteiger partial charge is 0.496 e. The maximum absolute atomic E-state index is 13.0. The van der Waals surface area contributed by atoms with E-state index in [1.54, 1.807) is 6.07 Å². The molecule has 0 fully saturated rings. The molecule has 0 bridgehead atoms. The van der Waals surface area contributed by atoms with E-state index in [1.807, 2.05) is 0 Å². The molecule has 0 saturated carbocycles. The number of carbonyl (C=O) groups excluding carboxylic acids is 2. The topological polar surface area (TPSA) is 98.8 Å². The van der Waals surface area contributed by atoms with E-state index in [1.165, 1.54) is 26.4 Å². The second-order valence-electron chi connectivity index (χ2n) is 7.17. The van der Waals surface area contributed by atoms with Crippen LogP contribution in [0.1, 0.15) is 21.5 Å². The zero-order valence-electron chi connectivity index (χ0n) is 19.0. The van der Waals surface area contributed by atoms with Crippen LogP contribution in [-0.2, 0) is 12.4 Å². The lowest BCUT2D eigenvalue weighted by Crippen LogP contribution is -2.35. The summed E-state index contributed by atoms with van der Waals surface area (Å²) in [6, 6.07) is 6.63. The lowest BCUT2D eigenvalue weighted by Gasteiger charge is -2.15. The molecule has 0 spiro atoms. The van der Waals surface area contributed by atoms with Gasteiger partial charge >= 0.3 is 18.4 Å².